The zero-order valence-electron chi connectivity index (χ0n) is 18.9. The molecule has 2 heteroatoms. The monoisotopic (exact) mass is 362 g/mol. The molecular weight excluding hydrogens is 316 g/mol. The van der Waals surface area contributed by atoms with Crippen LogP contribution in [0.15, 0.2) is 0 Å². The van der Waals surface area contributed by atoms with Crippen LogP contribution in [0, 0.1) is 35.5 Å². The van der Waals surface area contributed by atoms with E-state index in [1.807, 2.05) is 0 Å². The predicted molar refractivity (Wildman–Crippen MR) is 113 cm³/mol. The fraction of sp³-hybridized carbons (Fsp3) is 1.00. The first-order valence-electron chi connectivity index (χ1n) is 11.7. The van der Waals surface area contributed by atoms with Gasteiger partial charge in [0.25, 0.3) is 0 Å². The van der Waals surface area contributed by atoms with E-state index in [0.717, 1.165) is 59.7 Å². The van der Waals surface area contributed by atoms with E-state index in [4.69, 9.17) is 0 Å². The minimum absolute atomic E-state index is 0.744. The summed E-state index contributed by atoms with van der Waals surface area (Å²) in [5.74, 6) is 5.88. The minimum Gasteiger partial charge on any atom is -0.297 e. The molecule has 6 atom stereocenters. The molecule has 2 aliphatic carbocycles. The maximum absolute atomic E-state index is 2.76. The summed E-state index contributed by atoms with van der Waals surface area (Å²) in [6.07, 6.45) is 6.00. The second-order valence-corrected chi connectivity index (χ2v) is 11.1. The third-order valence-corrected chi connectivity index (χ3v) is 7.92. The molecule has 2 saturated heterocycles. The average Bonchev–Trinajstić information content (AvgIpc) is 2.90. The van der Waals surface area contributed by atoms with Crippen LogP contribution in [0.1, 0.15) is 81.1 Å². The highest BCUT2D eigenvalue weighted by molar-refractivity contribution is 5.05. The van der Waals surface area contributed by atoms with Crippen molar-refractivity contribution in [1.82, 2.24) is 9.80 Å². The van der Waals surface area contributed by atoms with E-state index >= 15 is 0 Å². The summed E-state index contributed by atoms with van der Waals surface area (Å²) in [6.45, 7) is 21.7. The van der Waals surface area contributed by atoms with Gasteiger partial charge >= 0.3 is 0 Å². The molecule has 2 heterocycles. The third kappa shape index (κ3) is 4.02. The summed E-state index contributed by atoms with van der Waals surface area (Å²) in [6, 6.07) is 3.27. The Kier molecular flexibility index (Phi) is 6.44. The lowest BCUT2D eigenvalue weighted by molar-refractivity contribution is 0.138. The molecule has 2 saturated carbocycles. The fourth-order valence-electron chi connectivity index (χ4n) is 6.78. The van der Waals surface area contributed by atoms with Gasteiger partial charge in [-0.2, -0.15) is 0 Å². The van der Waals surface area contributed by atoms with Crippen molar-refractivity contribution in [2.45, 2.75) is 105 Å². The van der Waals surface area contributed by atoms with Gasteiger partial charge in [-0.25, -0.2) is 0 Å². The largest absolute Gasteiger partial charge is 0.297 e. The lowest BCUT2D eigenvalue weighted by Gasteiger charge is -2.34. The molecule has 4 rings (SSSR count). The number of likely N-dealkylation sites (tertiary alicyclic amines) is 2. The molecule has 4 fully saturated rings. The van der Waals surface area contributed by atoms with E-state index in [-0.39, 0.29) is 0 Å². The van der Waals surface area contributed by atoms with Crippen LogP contribution >= 0.6 is 0 Å². The van der Waals surface area contributed by atoms with E-state index < -0.39 is 0 Å². The molecule has 0 spiro atoms. The summed E-state index contributed by atoms with van der Waals surface area (Å²) in [7, 11) is 0. The molecule has 0 aromatic heterocycles. The normalized spacial score (nSPS) is 39.7. The van der Waals surface area contributed by atoms with Gasteiger partial charge in [0.1, 0.15) is 0 Å². The van der Waals surface area contributed by atoms with E-state index in [1.165, 1.54) is 38.8 Å². The van der Waals surface area contributed by atoms with E-state index in [0.29, 0.717) is 0 Å². The van der Waals surface area contributed by atoms with Gasteiger partial charge < -0.3 is 0 Å². The van der Waals surface area contributed by atoms with E-state index in [2.05, 4.69) is 65.2 Å². The Bertz CT molecular complexity index is 455. The second-order valence-electron chi connectivity index (χ2n) is 11.1. The summed E-state index contributed by atoms with van der Waals surface area (Å²) in [4.78, 5) is 5.47. The quantitative estimate of drug-likeness (QED) is 0.649. The van der Waals surface area contributed by atoms with Crippen molar-refractivity contribution >= 4 is 0 Å². The molecule has 0 amide bonds. The maximum Gasteiger partial charge on any atom is 0.0152 e. The number of hydrogen-bond donors (Lipinski definition) is 0. The van der Waals surface area contributed by atoms with E-state index in [1.54, 1.807) is 0 Å². The summed E-state index contributed by atoms with van der Waals surface area (Å²) in [5.41, 5.74) is 0. The second kappa shape index (κ2) is 8.11. The number of hydrogen-bond acceptors (Lipinski definition) is 2. The summed E-state index contributed by atoms with van der Waals surface area (Å²) in [5, 5.41) is 0. The Morgan fingerprint density at radius 3 is 1.58 bits per heavy atom. The van der Waals surface area contributed by atoms with Crippen LogP contribution in [0.5, 0.6) is 0 Å². The first-order chi connectivity index (χ1) is 12.2. The van der Waals surface area contributed by atoms with Gasteiger partial charge in [0.2, 0.25) is 0 Å². The van der Waals surface area contributed by atoms with Gasteiger partial charge in [-0.1, -0.05) is 34.1 Å². The maximum atomic E-state index is 2.76. The Hall–Kier alpha value is -0.0800. The zero-order chi connectivity index (χ0) is 19.2. The van der Waals surface area contributed by atoms with Gasteiger partial charge in [-0.05, 0) is 82.5 Å². The van der Waals surface area contributed by atoms with Crippen molar-refractivity contribution in [3.8, 4) is 0 Å². The Morgan fingerprint density at radius 1 is 0.615 bits per heavy atom. The summed E-state index contributed by atoms with van der Waals surface area (Å²) >= 11 is 0. The molecular formula is C24H46N2. The van der Waals surface area contributed by atoms with E-state index in [9.17, 15) is 0 Å². The molecule has 2 nitrogen and oxygen atoms in total. The number of fused-ring (bicyclic) bond motifs is 2. The topological polar surface area (TPSA) is 6.48 Å². The third-order valence-electron chi connectivity index (χ3n) is 7.92. The Morgan fingerprint density at radius 2 is 1.12 bits per heavy atom. The van der Waals surface area contributed by atoms with Crippen LogP contribution in [-0.4, -0.2) is 47.1 Å². The van der Waals surface area contributed by atoms with Gasteiger partial charge in [0.15, 0.2) is 0 Å². The van der Waals surface area contributed by atoms with Gasteiger partial charge in [-0.3, -0.25) is 9.80 Å². The molecule has 2 aliphatic heterocycles. The first-order valence-corrected chi connectivity index (χ1v) is 11.7. The smallest absolute Gasteiger partial charge is 0.0152 e. The van der Waals surface area contributed by atoms with Crippen LogP contribution in [0.25, 0.3) is 0 Å². The zero-order valence-corrected chi connectivity index (χ0v) is 18.9. The number of nitrogens with zero attached hydrogens (tertiary/aromatic N) is 2. The highest BCUT2D eigenvalue weighted by Crippen LogP contribution is 2.52. The highest BCUT2D eigenvalue weighted by atomic mass is 15.2. The molecule has 0 aromatic carbocycles. The van der Waals surface area contributed by atoms with Gasteiger partial charge in [0.05, 0.1) is 0 Å². The molecule has 4 aliphatic rings. The molecule has 0 bridgehead atoms. The van der Waals surface area contributed by atoms with Crippen LogP contribution < -0.4 is 0 Å². The lowest BCUT2D eigenvalue weighted by atomic mass is 9.87. The molecule has 0 radical (unpaired) electrons. The van der Waals surface area contributed by atoms with Crippen molar-refractivity contribution in [2.75, 3.05) is 13.1 Å². The Labute approximate surface area is 164 Å². The number of piperidine rings is 1. The molecule has 6 unspecified atom stereocenters. The highest BCUT2D eigenvalue weighted by Gasteiger charge is 2.53. The molecule has 26 heavy (non-hydrogen) atoms. The number of rotatable bonds is 4. The van der Waals surface area contributed by atoms with Crippen molar-refractivity contribution in [2.24, 2.45) is 35.5 Å². The van der Waals surface area contributed by atoms with Gasteiger partial charge in [0, 0.05) is 37.3 Å². The standard InChI is InChI=1S/C13H25N.C11H21N/c1-9(2)13-12-7-5-6-11(12)8-14(13)10(3)4;1-7(2)11-10-5-9(10)6-12(11)8(3)4/h9-13H,5-8H2,1-4H3;7-11H,5-6H2,1-4H3. The van der Waals surface area contributed by atoms with Crippen LogP contribution in [0.3, 0.4) is 0 Å². The first kappa shape index (κ1) is 20.6. The van der Waals surface area contributed by atoms with Crippen molar-refractivity contribution in [3.05, 3.63) is 0 Å². The van der Waals surface area contributed by atoms with Gasteiger partial charge in [-0.15, -0.1) is 0 Å². The average molecular weight is 363 g/mol. The van der Waals surface area contributed by atoms with Crippen LogP contribution in [0.4, 0.5) is 0 Å². The Balaban J connectivity index is 0.000000152. The van der Waals surface area contributed by atoms with Crippen molar-refractivity contribution in [3.63, 3.8) is 0 Å². The SMILES string of the molecule is CC(C)C1C2CC2CN1C(C)C.CC(C)C1C2CCCC2CN1C(C)C. The van der Waals surface area contributed by atoms with Crippen molar-refractivity contribution < 1.29 is 0 Å². The lowest BCUT2D eigenvalue weighted by Crippen LogP contribution is -2.41. The molecule has 152 valence electrons. The van der Waals surface area contributed by atoms with Crippen LogP contribution in [-0.2, 0) is 0 Å². The molecule has 0 aromatic rings. The van der Waals surface area contributed by atoms with Crippen LogP contribution in [0.2, 0.25) is 0 Å². The summed E-state index contributed by atoms with van der Waals surface area (Å²) < 4.78 is 0. The van der Waals surface area contributed by atoms with Crippen molar-refractivity contribution in [1.29, 1.82) is 0 Å². The predicted octanol–water partition coefficient (Wildman–Crippen LogP) is 5.52. The fourth-order valence-corrected chi connectivity index (χ4v) is 6.78. The minimum atomic E-state index is 0.744. The molecule has 0 N–H and O–H groups in total.